The van der Waals surface area contributed by atoms with Crippen LogP contribution in [0.3, 0.4) is 0 Å². The van der Waals surface area contributed by atoms with Gasteiger partial charge in [0.1, 0.15) is 11.6 Å². The largest absolute Gasteiger partial charge is 0.496 e. The van der Waals surface area contributed by atoms with Crippen molar-refractivity contribution >= 4 is 22.5 Å². The van der Waals surface area contributed by atoms with Crippen molar-refractivity contribution in [2.24, 2.45) is 0 Å². The van der Waals surface area contributed by atoms with Crippen molar-refractivity contribution in [2.75, 3.05) is 31.4 Å². The van der Waals surface area contributed by atoms with Crippen molar-refractivity contribution in [1.82, 2.24) is 15.3 Å². The highest BCUT2D eigenvalue weighted by Gasteiger charge is 2.22. The second kappa shape index (κ2) is 9.30. The fourth-order valence-corrected chi connectivity index (χ4v) is 4.23. The molecule has 2 N–H and O–H groups in total. The molecule has 0 atom stereocenters. The average molecular weight is 406 g/mol. The SMILES string of the molecule is COc1ccc2ccccc2c1CNC1CCC(Nc2nccc(N(C)C)n2)CC1. The molecule has 6 heteroatoms. The van der Waals surface area contributed by atoms with Crippen LogP contribution in [0.15, 0.2) is 48.7 Å². The average Bonchev–Trinajstić information content (AvgIpc) is 2.78. The van der Waals surface area contributed by atoms with Crippen LogP contribution in [0.2, 0.25) is 0 Å². The number of hydrogen-bond acceptors (Lipinski definition) is 6. The van der Waals surface area contributed by atoms with E-state index in [0.29, 0.717) is 12.1 Å². The van der Waals surface area contributed by atoms with Gasteiger partial charge in [-0.15, -0.1) is 0 Å². The van der Waals surface area contributed by atoms with Gasteiger partial charge >= 0.3 is 0 Å². The van der Waals surface area contributed by atoms with Crippen molar-refractivity contribution in [1.29, 1.82) is 0 Å². The molecule has 30 heavy (non-hydrogen) atoms. The molecule has 0 aliphatic heterocycles. The van der Waals surface area contributed by atoms with E-state index in [4.69, 9.17) is 4.74 Å². The molecule has 0 unspecified atom stereocenters. The Morgan fingerprint density at radius 2 is 1.77 bits per heavy atom. The highest BCUT2D eigenvalue weighted by Crippen LogP contribution is 2.29. The first-order valence-corrected chi connectivity index (χ1v) is 10.7. The molecule has 3 aromatic rings. The van der Waals surface area contributed by atoms with E-state index < -0.39 is 0 Å². The van der Waals surface area contributed by atoms with E-state index in [-0.39, 0.29) is 0 Å². The molecule has 2 aromatic carbocycles. The molecule has 1 aliphatic carbocycles. The van der Waals surface area contributed by atoms with Gasteiger partial charge in [0.15, 0.2) is 0 Å². The van der Waals surface area contributed by atoms with Crippen LogP contribution in [-0.2, 0) is 6.54 Å². The van der Waals surface area contributed by atoms with Crippen molar-refractivity contribution in [2.45, 2.75) is 44.3 Å². The molecular weight excluding hydrogens is 374 g/mol. The maximum absolute atomic E-state index is 5.64. The maximum Gasteiger partial charge on any atom is 0.224 e. The van der Waals surface area contributed by atoms with Crippen LogP contribution in [0.1, 0.15) is 31.2 Å². The predicted molar refractivity (Wildman–Crippen MR) is 123 cm³/mol. The molecule has 0 bridgehead atoms. The van der Waals surface area contributed by atoms with Crippen molar-refractivity contribution in [3.63, 3.8) is 0 Å². The predicted octanol–water partition coefficient (Wildman–Crippen LogP) is 4.22. The Hall–Kier alpha value is -2.86. The smallest absolute Gasteiger partial charge is 0.224 e. The van der Waals surface area contributed by atoms with Crippen molar-refractivity contribution < 1.29 is 4.74 Å². The first kappa shape index (κ1) is 20.4. The van der Waals surface area contributed by atoms with Gasteiger partial charge in [0.05, 0.1) is 7.11 Å². The number of rotatable bonds is 7. The minimum absolute atomic E-state index is 0.424. The van der Waals surface area contributed by atoms with E-state index in [1.54, 1.807) is 7.11 Å². The van der Waals surface area contributed by atoms with Gasteiger partial charge in [0.2, 0.25) is 5.95 Å². The van der Waals surface area contributed by atoms with Crippen LogP contribution < -0.4 is 20.3 Å². The fourth-order valence-electron chi connectivity index (χ4n) is 4.23. The van der Waals surface area contributed by atoms with Gasteiger partial charge in [-0.3, -0.25) is 0 Å². The standard InChI is InChI=1S/C24H31N5O/c1-29(2)23-14-15-25-24(28-23)27-19-11-9-18(10-12-19)26-16-21-20-7-5-4-6-17(20)8-13-22(21)30-3/h4-8,13-15,18-19,26H,9-12,16H2,1-3H3,(H,25,27,28). The number of fused-ring (bicyclic) bond motifs is 1. The Labute approximate surface area is 178 Å². The summed E-state index contributed by atoms with van der Waals surface area (Å²) in [5.74, 6) is 2.60. The number of hydrogen-bond donors (Lipinski definition) is 2. The zero-order valence-electron chi connectivity index (χ0n) is 18.1. The lowest BCUT2D eigenvalue weighted by molar-refractivity contribution is 0.348. The molecule has 0 amide bonds. The first-order valence-electron chi connectivity index (χ1n) is 10.7. The molecule has 158 valence electrons. The van der Waals surface area contributed by atoms with Crippen LogP contribution in [0.5, 0.6) is 5.75 Å². The molecule has 1 saturated carbocycles. The van der Waals surface area contributed by atoms with Crippen LogP contribution in [0.25, 0.3) is 10.8 Å². The number of nitrogens with one attached hydrogen (secondary N) is 2. The quantitative estimate of drug-likeness (QED) is 0.614. The molecule has 6 nitrogen and oxygen atoms in total. The summed E-state index contributed by atoms with van der Waals surface area (Å²) < 4.78 is 5.64. The van der Waals surface area contributed by atoms with Gasteiger partial charge in [0, 0.05) is 44.5 Å². The molecule has 0 saturated heterocycles. The molecule has 1 aromatic heterocycles. The Bertz CT molecular complexity index is 982. The topological polar surface area (TPSA) is 62.3 Å². The van der Waals surface area contributed by atoms with E-state index in [0.717, 1.165) is 49.7 Å². The summed E-state index contributed by atoms with van der Waals surface area (Å²) in [6, 6.07) is 15.6. The highest BCUT2D eigenvalue weighted by molar-refractivity contribution is 5.87. The summed E-state index contributed by atoms with van der Waals surface area (Å²) >= 11 is 0. The first-order chi connectivity index (χ1) is 14.6. The number of methoxy groups -OCH3 is 1. The van der Waals surface area contributed by atoms with Gasteiger partial charge < -0.3 is 20.3 Å². The number of benzene rings is 2. The third-order valence-electron chi connectivity index (χ3n) is 5.94. The zero-order chi connectivity index (χ0) is 20.9. The highest BCUT2D eigenvalue weighted by atomic mass is 16.5. The summed E-state index contributed by atoms with van der Waals surface area (Å²) in [6.07, 6.45) is 6.31. The van der Waals surface area contributed by atoms with Crippen LogP contribution in [-0.4, -0.2) is 43.3 Å². The molecule has 0 spiro atoms. The Kier molecular flexibility index (Phi) is 6.33. The molecular formula is C24H31N5O. The van der Waals surface area contributed by atoms with Gasteiger partial charge in [0.25, 0.3) is 0 Å². The summed E-state index contributed by atoms with van der Waals surface area (Å²) in [5.41, 5.74) is 1.24. The maximum atomic E-state index is 5.64. The van der Waals surface area contributed by atoms with E-state index >= 15 is 0 Å². The minimum atomic E-state index is 0.424. The molecule has 1 aliphatic rings. The number of anilines is 2. The molecule has 1 heterocycles. The summed E-state index contributed by atoms with van der Waals surface area (Å²) in [7, 11) is 5.74. The lowest BCUT2D eigenvalue weighted by atomic mass is 9.91. The normalized spacial score (nSPS) is 18.9. The Morgan fingerprint density at radius 3 is 2.53 bits per heavy atom. The lowest BCUT2D eigenvalue weighted by Gasteiger charge is -2.30. The summed E-state index contributed by atoms with van der Waals surface area (Å²) in [5, 5.41) is 9.80. The van der Waals surface area contributed by atoms with Gasteiger partial charge in [-0.2, -0.15) is 4.98 Å². The summed E-state index contributed by atoms with van der Waals surface area (Å²) in [4.78, 5) is 11.0. The van der Waals surface area contributed by atoms with Crippen LogP contribution >= 0.6 is 0 Å². The Balaban J connectivity index is 1.34. The number of aromatic nitrogens is 2. The third kappa shape index (κ3) is 4.65. The van der Waals surface area contributed by atoms with E-state index in [1.807, 2.05) is 31.3 Å². The van der Waals surface area contributed by atoms with E-state index in [9.17, 15) is 0 Å². The minimum Gasteiger partial charge on any atom is -0.496 e. The fraction of sp³-hybridized carbons (Fsp3) is 0.417. The van der Waals surface area contributed by atoms with E-state index in [1.165, 1.54) is 16.3 Å². The van der Waals surface area contributed by atoms with Gasteiger partial charge in [-0.1, -0.05) is 30.3 Å². The molecule has 1 fully saturated rings. The van der Waals surface area contributed by atoms with Gasteiger partial charge in [-0.25, -0.2) is 4.98 Å². The number of ether oxygens (including phenoxy) is 1. The van der Waals surface area contributed by atoms with Crippen LogP contribution in [0, 0.1) is 0 Å². The molecule has 0 radical (unpaired) electrons. The number of nitrogens with zero attached hydrogens (tertiary/aromatic N) is 3. The van der Waals surface area contributed by atoms with Gasteiger partial charge in [-0.05, 0) is 48.6 Å². The lowest BCUT2D eigenvalue weighted by Crippen LogP contribution is -2.37. The van der Waals surface area contributed by atoms with E-state index in [2.05, 4.69) is 57.0 Å². The second-order valence-electron chi connectivity index (χ2n) is 8.17. The second-order valence-corrected chi connectivity index (χ2v) is 8.17. The van der Waals surface area contributed by atoms with Crippen molar-refractivity contribution in [3.8, 4) is 5.75 Å². The monoisotopic (exact) mass is 405 g/mol. The van der Waals surface area contributed by atoms with Crippen molar-refractivity contribution in [3.05, 3.63) is 54.2 Å². The molecule has 4 rings (SSSR count). The van der Waals surface area contributed by atoms with Crippen LogP contribution in [0.4, 0.5) is 11.8 Å². The third-order valence-corrected chi connectivity index (χ3v) is 5.94. The zero-order valence-corrected chi connectivity index (χ0v) is 18.1. The Morgan fingerprint density at radius 1 is 1.00 bits per heavy atom. The summed E-state index contributed by atoms with van der Waals surface area (Å²) in [6.45, 7) is 0.821.